The second-order valence-electron chi connectivity index (χ2n) is 5.51. The number of aryl methyl sites for hydroxylation is 1. The Morgan fingerprint density at radius 3 is 2.60 bits per heavy atom. The Bertz CT molecular complexity index is 461. The number of hydrogen-bond acceptors (Lipinski definition) is 3. The molecule has 0 heterocycles. The quantitative estimate of drug-likeness (QED) is 0.852. The molecule has 1 aliphatic carbocycles. The number of halogens is 1. The molecule has 3 nitrogen and oxygen atoms in total. The molecule has 1 saturated carbocycles. The summed E-state index contributed by atoms with van der Waals surface area (Å²) in [5.74, 6) is -0.510. The predicted octanol–water partition coefficient (Wildman–Crippen LogP) is 3.81. The lowest BCUT2D eigenvalue weighted by Gasteiger charge is -2.36. The van der Waals surface area contributed by atoms with Crippen LogP contribution in [0.5, 0.6) is 0 Å². The highest BCUT2D eigenvalue weighted by Crippen LogP contribution is 2.33. The fraction of sp³-hybridized carbons (Fsp3) is 0.562. The van der Waals surface area contributed by atoms with Gasteiger partial charge in [-0.15, -0.1) is 0 Å². The summed E-state index contributed by atoms with van der Waals surface area (Å²) in [6, 6.07) is 4.77. The van der Waals surface area contributed by atoms with Crippen LogP contribution in [0.15, 0.2) is 18.2 Å². The maximum Gasteiger partial charge on any atom is 0.331 e. The molecule has 0 saturated heterocycles. The first-order chi connectivity index (χ1) is 9.55. The monoisotopic (exact) mass is 279 g/mol. The van der Waals surface area contributed by atoms with Crippen LogP contribution in [-0.4, -0.2) is 18.1 Å². The smallest absolute Gasteiger partial charge is 0.331 e. The van der Waals surface area contributed by atoms with Gasteiger partial charge in [0.2, 0.25) is 0 Å². The zero-order valence-electron chi connectivity index (χ0n) is 12.2. The normalized spacial score (nSPS) is 17.6. The van der Waals surface area contributed by atoms with Crippen LogP contribution in [0.3, 0.4) is 0 Å². The molecule has 2 rings (SSSR count). The van der Waals surface area contributed by atoms with Gasteiger partial charge < -0.3 is 10.1 Å². The minimum atomic E-state index is -0.700. The van der Waals surface area contributed by atoms with Crippen molar-refractivity contribution in [2.45, 2.75) is 51.5 Å². The van der Waals surface area contributed by atoms with Gasteiger partial charge in [-0.1, -0.05) is 19.3 Å². The number of anilines is 1. The van der Waals surface area contributed by atoms with Crippen LogP contribution in [-0.2, 0) is 9.53 Å². The van der Waals surface area contributed by atoms with Crippen molar-refractivity contribution in [1.29, 1.82) is 0 Å². The van der Waals surface area contributed by atoms with Crippen LogP contribution in [0.4, 0.5) is 10.1 Å². The molecule has 0 atom stereocenters. The molecular formula is C16H22FNO2. The van der Waals surface area contributed by atoms with Crippen LogP contribution >= 0.6 is 0 Å². The number of rotatable bonds is 4. The zero-order valence-corrected chi connectivity index (χ0v) is 12.2. The summed E-state index contributed by atoms with van der Waals surface area (Å²) in [5.41, 5.74) is 0.786. The third kappa shape index (κ3) is 3.30. The van der Waals surface area contributed by atoms with Crippen LogP contribution in [0.1, 0.15) is 44.6 Å². The Hall–Kier alpha value is -1.58. The number of hydrogen-bond donors (Lipinski definition) is 1. The SMILES string of the molecule is CCOC(=O)C1(Nc2cc(C)cc(F)c2)CCCCC1. The molecular weight excluding hydrogens is 257 g/mol. The molecule has 0 aliphatic heterocycles. The first kappa shape index (κ1) is 14.8. The maximum absolute atomic E-state index is 13.5. The van der Waals surface area contributed by atoms with Gasteiger partial charge >= 0.3 is 5.97 Å². The van der Waals surface area contributed by atoms with Gasteiger partial charge in [0.15, 0.2) is 0 Å². The van der Waals surface area contributed by atoms with Crippen molar-refractivity contribution in [3.8, 4) is 0 Å². The molecule has 0 bridgehead atoms. The van der Waals surface area contributed by atoms with E-state index < -0.39 is 5.54 Å². The van der Waals surface area contributed by atoms with Gasteiger partial charge in [0, 0.05) is 5.69 Å². The number of nitrogens with one attached hydrogen (secondary N) is 1. The van der Waals surface area contributed by atoms with Crippen molar-refractivity contribution >= 4 is 11.7 Å². The molecule has 4 heteroatoms. The number of carbonyl (C=O) groups is 1. The summed E-state index contributed by atoms with van der Waals surface area (Å²) < 4.78 is 18.7. The molecule has 0 radical (unpaired) electrons. The van der Waals surface area contributed by atoms with Gasteiger partial charge in [-0.05, 0) is 50.5 Å². The lowest BCUT2D eigenvalue weighted by atomic mass is 9.81. The van der Waals surface area contributed by atoms with Crippen LogP contribution in [0.2, 0.25) is 0 Å². The van der Waals surface area contributed by atoms with E-state index in [1.807, 2.05) is 13.0 Å². The lowest BCUT2D eigenvalue weighted by Crippen LogP contribution is -2.49. The molecule has 1 aliphatic rings. The summed E-state index contributed by atoms with van der Waals surface area (Å²) >= 11 is 0. The Kier molecular flexibility index (Phi) is 4.63. The van der Waals surface area contributed by atoms with Crippen LogP contribution in [0.25, 0.3) is 0 Å². The Labute approximate surface area is 119 Å². The Morgan fingerprint density at radius 2 is 2.00 bits per heavy atom. The van der Waals surface area contributed by atoms with E-state index in [1.54, 1.807) is 6.92 Å². The van der Waals surface area contributed by atoms with Gasteiger partial charge in [0.05, 0.1) is 6.61 Å². The zero-order chi connectivity index (χ0) is 14.6. The predicted molar refractivity (Wildman–Crippen MR) is 77.2 cm³/mol. The topological polar surface area (TPSA) is 38.3 Å². The highest BCUT2D eigenvalue weighted by Gasteiger charge is 2.40. The molecule has 0 amide bonds. The summed E-state index contributed by atoms with van der Waals surface area (Å²) in [6.07, 6.45) is 4.58. The minimum absolute atomic E-state index is 0.221. The largest absolute Gasteiger partial charge is 0.464 e. The average molecular weight is 279 g/mol. The molecule has 1 aromatic rings. The van der Waals surface area contributed by atoms with Gasteiger partial charge in [-0.3, -0.25) is 0 Å². The van der Waals surface area contributed by atoms with Crippen LogP contribution < -0.4 is 5.32 Å². The summed E-state index contributed by atoms with van der Waals surface area (Å²) in [7, 11) is 0. The number of benzene rings is 1. The van der Waals surface area contributed by atoms with E-state index in [4.69, 9.17) is 4.74 Å². The van der Waals surface area contributed by atoms with Gasteiger partial charge in [-0.2, -0.15) is 0 Å². The minimum Gasteiger partial charge on any atom is -0.464 e. The average Bonchev–Trinajstić information content (AvgIpc) is 2.38. The summed E-state index contributed by atoms with van der Waals surface area (Å²) in [4.78, 5) is 12.3. The van der Waals surface area contributed by atoms with Crippen molar-refractivity contribution in [2.24, 2.45) is 0 Å². The molecule has 0 unspecified atom stereocenters. The molecule has 0 spiro atoms. The summed E-state index contributed by atoms with van der Waals surface area (Å²) in [6.45, 7) is 4.01. The van der Waals surface area contributed by atoms with E-state index in [-0.39, 0.29) is 11.8 Å². The van der Waals surface area contributed by atoms with E-state index in [9.17, 15) is 9.18 Å². The number of ether oxygens (including phenoxy) is 1. The second kappa shape index (κ2) is 6.25. The molecule has 20 heavy (non-hydrogen) atoms. The molecule has 1 aromatic carbocycles. The fourth-order valence-corrected chi connectivity index (χ4v) is 2.89. The van der Waals surface area contributed by atoms with Gasteiger partial charge in [-0.25, -0.2) is 9.18 Å². The van der Waals surface area contributed by atoms with Crippen LogP contribution in [0, 0.1) is 12.7 Å². The maximum atomic E-state index is 13.5. The molecule has 1 fully saturated rings. The molecule has 110 valence electrons. The molecule has 1 N–H and O–H groups in total. The second-order valence-corrected chi connectivity index (χ2v) is 5.51. The van der Waals surface area contributed by atoms with E-state index in [0.717, 1.165) is 37.7 Å². The third-order valence-electron chi connectivity index (χ3n) is 3.80. The number of carbonyl (C=O) groups excluding carboxylic acids is 1. The highest BCUT2D eigenvalue weighted by atomic mass is 19.1. The standard InChI is InChI=1S/C16H22FNO2/c1-3-20-15(19)16(7-5-4-6-8-16)18-14-10-12(2)9-13(17)11-14/h9-11,18H,3-8H2,1-2H3. The first-order valence-electron chi connectivity index (χ1n) is 7.28. The van der Waals surface area contributed by atoms with Gasteiger partial charge in [0.25, 0.3) is 0 Å². The lowest BCUT2D eigenvalue weighted by molar-refractivity contribution is -0.149. The van der Waals surface area contributed by atoms with Crippen molar-refractivity contribution < 1.29 is 13.9 Å². The fourth-order valence-electron chi connectivity index (χ4n) is 2.89. The van der Waals surface area contributed by atoms with E-state index in [1.165, 1.54) is 12.1 Å². The highest BCUT2D eigenvalue weighted by molar-refractivity contribution is 5.84. The van der Waals surface area contributed by atoms with E-state index >= 15 is 0 Å². The van der Waals surface area contributed by atoms with E-state index in [0.29, 0.717) is 12.3 Å². The van der Waals surface area contributed by atoms with Crippen molar-refractivity contribution in [2.75, 3.05) is 11.9 Å². The van der Waals surface area contributed by atoms with Crippen molar-refractivity contribution in [1.82, 2.24) is 0 Å². The summed E-state index contributed by atoms with van der Waals surface area (Å²) in [5, 5.41) is 3.25. The first-order valence-corrected chi connectivity index (χ1v) is 7.28. The third-order valence-corrected chi connectivity index (χ3v) is 3.80. The van der Waals surface area contributed by atoms with Crippen molar-refractivity contribution in [3.63, 3.8) is 0 Å². The van der Waals surface area contributed by atoms with Crippen molar-refractivity contribution in [3.05, 3.63) is 29.6 Å². The van der Waals surface area contributed by atoms with Gasteiger partial charge in [0.1, 0.15) is 11.4 Å². The Morgan fingerprint density at radius 1 is 1.30 bits per heavy atom. The van der Waals surface area contributed by atoms with E-state index in [2.05, 4.69) is 5.32 Å². The Balaban J connectivity index is 2.25. The number of esters is 1. The molecule has 0 aromatic heterocycles.